The van der Waals surface area contributed by atoms with Crippen molar-refractivity contribution in [3.8, 4) is 5.75 Å². The molecule has 13 heteroatoms. The molecule has 8 nitrogen and oxygen atoms in total. The van der Waals surface area contributed by atoms with Crippen LogP contribution in [0.15, 0.2) is 48.5 Å². The molecule has 0 spiro atoms. The summed E-state index contributed by atoms with van der Waals surface area (Å²) in [5.41, 5.74) is 2.13. The highest BCUT2D eigenvalue weighted by atomic mass is 35.5. The third-order valence-electron chi connectivity index (χ3n) is 5.90. The van der Waals surface area contributed by atoms with Crippen molar-refractivity contribution in [2.24, 2.45) is 5.41 Å². The molecule has 0 aliphatic heterocycles. The largest absolute Gasteiger partial charge is 0.487 e. The summed E-state index contributed by atoms with van der Waals surface area (Å²) >= 11 is 13.0. The number of amides is 2. The number of anilines is 3. The van der Waals surface area contributed by atoms with E-state index in [0.717, 1.165) is 0 Å². The van der Waals surface area contributed by atoms with Crippen LogP contribution in [0.25, 0.3) is 11.0 Å². The SMILES string of the molecule is [B]c1ccc(NC(=O)c2cc3[nH]c(Nc4c(Cl)ccc(CNC(=O)C(C)(C)C)c4Cl)nc3cc2OCC(F)F)cc1. The molecule has 212 valence electrons. The quantitative estimate of drug-likeness (QED) is 0.177. The zero-order valence-corrected chi connectivity index (χ0v) is 23.9. The molecule has 0 saturated carbocycles. The summed E-state index contributed by atoms with van der Waals surface area (Å²) in [5.74, 6) is -0.579. The van der Waals surface area contributed by atoms with E-state index in [9.17, 15) is 18.4 Å². The Balaban J connectivity index is 1.63. The van der Waals surface area contributed by atoms with Crippen molar-refractivity contribution < 1.29 is 23.1 Å². The van der Waals surface area contributed by atoms with Gasteiger partial charge in [0.15, 0.2) is 0 Å². The smallest absolute Gasteiger partial charge is 0.272 e. The van der Waals surface area contributed by atoms with E-state index in [-0.39, 0.29) is 34.7 Å². The van der Waals surface area contributed by atoms with Gasteiger partial charge in [0.25, 0.3) is 12.3 Å². The summed E-state index contributed by atoms with van der Waals surface area (Å²) in [6.07, 6.45) is -2.75. The van der Waals surface area contributed by atoms with E-state index in [0.29, 0.717) is 38.5 Å². The summed E-state index contributed by atoms with van der Waals surface area (Å²) in [7, 11) is 5.70. The lowest BCUT2D eigenvalue weighted by Gasteiger charge is -2.19. The van der Waals surface area contributed by atoms with Crippen LogP contribution in [0.5, 0.6) is 5.75 Å². The number of hydrogen-bond donors (Lipinski definition) is 4. The highest BCUT2D eigenvalue weighted by molar-refractivity contribution is 6.39. The number of imidazole rings is 1. The molecule has 0 saturated heterocycles. The molecule has 1 heterocycles. The molecule has 1 aromatic heterocycles. The Labute approximate surface area is 246 Å². The second-order valence-corrected chi connectivity index (χ2v) is 11.0. The Morgan fingerprint density at radius 2 is 1.80 bits per heavy atom. The summed E-state index contributed by atoms with van der Waals surface area (Å²) < 4.78 is 31.1. The number of alkyl halides is 2. The number of carbonyl (C=O) groups excluding carboxylic acids is 2. The van der Waals surface area contributed by atoms with Crippen molar-refractivity contribution in [2.45, 2.75) is 33.7 Å². The van der Waals surface area contributed by atoms with Gasteiger partial charge in [-0.1, -0.05) is 67.6 Å². The van der Waals surface area contributed by atoms with Crippen LogP contribution < -0.4 is 26.2 Å². The van der Waals surface area contributed by atoms with Crippen LogP contribution in [0, 0.1) is 5.41 Å². The first-order chi connectivity index (χ1) is 19.3. The molecule has 0 aliphatic carbocycles. The third kappa shape index (κ3) is 7.48. The average molecular weight is 600 g/mol. The zero-order valence-electron chi connectivity index (χ0n) is 22.4. The van der Waals surface area contributed by atoms with Crippen molar-refractivity contribution >= 4 is 76.7 Å². The first-order valence-electron chi connectivity index (χ1n) is 12.5. The number of H-pyrrole nitrogens is 1. The van der Waals surface area contributed by atoms with E-state index in [1.165, 1.54) is 12.1 Å². The van der Waals surface area contributed by atoms with Crippen LogP contribution in [0.1, 0.15) is 36.7 Å². The van der Waals surface area contributed by atoms with Gasteiger partial charge in [0.2, 0.25) is 11.9 Å². The molecular weight excluding hydrogens is 574 g/mol. The molecule has 0 unspecified atom stereocenters. The van der Waals surface area contributed by atoms with Crippen molar-refractivity contribution in [1.82, 2.24) is 15.3 Å². The molecule has 4 rings (SSSR count). The highest BCUT2D eigenvalue weighted by Gasteiger charge is 2.22. The average Bonchev–Trinajstić information content (AvgIpc) is 3.30. The van der Waals surface area contributed by atoms with E-state index in [1.807, 2.05) is 0 Å². The van der Waals surface area contributed by atoms with E-state index >= 15 is 0 Å². The maximum Gasteiger partial charge on any atom is 0.272 e. The molecule has 3 aromatic carbocycles. The summed E-state index contributed by atoms with van der Waals surface area (Å²) in [6, 6.07) is 12.6. The number of aromatic amines is 1. The number of carbonyl (C=O) groups is 2. The van der Waals surface area contributed by atoms with E-state index in [1.54, 1.807) is 57.2 Å². The van der Waals surface area contributed by atoms with Crippen molar-refractivity contribution in [1.29, 1.82) is 0 Å². The van der Waals surface area contributed by atoms with Gasteiger partial charge in [0.05, 0.1) is 32.3 Å². The van der Waals surface area contributed by atoms with Gasteiger partial charge in [-0.25, -0.2) is 13.8 Å². The van der Waals surface area contributed by atoms with Gasteiger partial charge >= 0.3 is 0 Å². The van der Waals surface area contributed by atoms with E-state index in [2.05, 4.69) is 25.9 Å². The second kappa shape index (κ2) is 12.4. The lowest BCUT2D eigenvalue weighted by atomic mass is 9.95. The Kier molecular flexibility index (Phi) is 9.09. The minimum Gasteiger partial charge on any atom is -0.487 e. The van der Waals surface area contributed by atoms with Gasteiger partial charge < -0.3 is 25.7 Å². The lowest BCUT2D eigenvalue weighted by Crippen LogP contribution is -2.34. The fourth-order valence-electron chi connectivity index (χ4n) is 3.72. The number of ether oxygens (including phenoxy) is 1. The summed E-state index contributed by atoms with van der Waals surface area (Å²) in [4.78, 5) is 32.9. The molecule has 2 amide bonds. The number of nitrogens with zero attached hydrogens (tertiary/aromatic N) is 1. The molecule has 0 bridgehead atoms. The molecule has 0 fully saturated rings. The van der Waals surface area contributed by atoms with Gasteiger partial charge in [-0.05, 0) is 29.8 Å². The Hall–Kier alpha value is -3.83. The van der Waals surface area contributed by atoms with E-state index in [4.69, 9.17) is 35.8 Å². The molecule has 0 aliphatic rings. The van der Waals surface area contributed by atoms with Gasteiger partial charge in [-0.2, -0.15) is 0 Å². The number of nitrogens with one attached hydrogen (secondary N) is 4. The van der Waals surface area contributed by atoms with Gasteiger partial charge in [-0.15, -0.1) is 0 Å². The Morgan fingerprint density at radius 1 is 1.10 bits per heavy atom. The zero-order chi connectivity index (χ0) is 29.9. The van der Waals surface area contributed by atoms with Crippen LogP contribution in [0.3, 0.4) is 0 Å². The van der Waals surface area contributed by atoms with Crippen molar-refractivity contribution in [3.63, 3.8) is 0 Å². The minimum absolute atomic E-state index is 0.0119. The van der Waals surface area contributed by atoms with Crippen molar-refractivity contribution in [2.75, 3.05) is 17.2 Å². The highest BCUT2D eigenvalue weighted by Crippen LogP contribution is 2.36. The summed E-state index contributed by atoms with van der Waals surface area (Å²) in [5, 5.41) is 9.15. The fourth-order valence-corrected chi connectivity index (χ4v) is 4.25. The standard InChI is InChI=1S/C28H26BCl2F2N5O3/c1-28(2,3)26(40)34-12-14-4-9-18(30)24(23(14)31)38-27-36-19-10-17(21(11-20(19)37-27)41-13-22(32)33)25(39)35-16-7-5-15(29)6-8-16/h4-11,22H,12-13H2,1-3H3,(H,34,40)(H,35,39)(H2,36,37,38). The monoisotopic (exact) mass is 599 g/mol. The number of rotatable bonds is 9. The van der Waals surface area contributed by atoms with Gasteiger partial charge in [-0.3, -0.25) is 9.59 Å². The minimum atomic E-state index is -2.75. The fraction of sp³-hybridized carbons (Fsp3) is 0.250. The normalized spacial score (nSPS) is 11.5. The second-order valence-electron chi connectivity index (χ2n) is 10.2. The number of benzene rings is 3. The van der Waals surface area contributed by atoms with Crippen LogP contribution >= 0.6 is 23.2 Å². The first kappa shape index (κ1) is 30.1. The van der Waals surface area contributed by atoms with Crippen LogP contribution in [-0.4, -0.2) is 42.7 Å². The predicted molar refractivity (Wildman–Crippen MR) is 158 cm³/mol. The number of hydrogen-bond acceptors (Lipinski definition) is 5. The predicted octanol–water partition coefficient (Wildman–Crippen LogP) is 5.97. The maximum absolute atomic E-state index is 13.1. The maximum atomic E-state index is 13.1. The first-order valence-corrected chi connectivity index (χ1v) is 13.2. The number of fused-ring (bicyclic) bond motifs is 1. The lowest BCUT2D eigenvalue weighted by molar-refractivity contribution is -0.128. The summed E-state index contributed by atoms with van der Waals surface area (Å²) in [6.45, 7) is 4.68. The van der Waals surface area contributed by atoms with Crippen molar-refractivity contribution in [3.05, 3.63) is 69.7 Å². The Bertz CT molecular complexity index is 1590. The van der Waals surface area contributed by atoms with E-state index < -0.39 is 24.4 Å². The van der Waals surface area contributed by atoms with Gasteiger partial charge in [0, 0.05) is 23.7 Å². The topological polar surface area (TPSA) is 108 Å². The molecular formula is C28H26BCl2F2N5O3. The van der Waals surface area contributed by atoms with Gasteiger partial charge in [0.1, 0.15) is 20.2 Å². The third-order valence-corrected chi connectivity index (χ3v) is 6.64. The van der Waals surface area contributed by atoms with Crippen LogP contribution in [0.2, 0.25) is 10.0 Å². The molecule has 0 atom stereocenters. The van der Waals surface area contributed by atoms with Crippen LogP contribution in [-0.2, 0) is 11.3 Å². The number of aromatic nitrogens is 2. The Morgan fingerprint density at radius 3 is 2.46 bits per heavy atom. The molecule has 4 N–H and O–H groups in total. The van der Waals surface area contributed by atoms with Crippen LogP contribution in [0.4, 0.5) is 26.1 Å². The number of halogens is 4. The molecule has 4 aromatic rings. The molecule has 41 heavy (non-hydrogen) atoms. The molecule has 2 radical (unpaired) electrons.